The molecule has 0 saturated heterocycles. The molecule has 4 aliphatic rings. The predicted molar refractivity (Wildman–Crippen MR) is 487 cm³/mol. The van der Waals surface area contributed by atoms with Crippen molar-refractivity contribution in [1.29, 1.82) is 0 Å². The highest BCUT2D eigenvalue weighted by Crippen LogP contribution is 2.66. The molecule has 0 N–H and O–H groups in total. The normalized spacial score (nSPS) is 13.9. The lowest BCUT2D eigenvalue weighted by atomic mass is 9.66. The van der Waals surface area contributed by atoms with Crippen LogP contribution in [-0.4, -0.2) is 19.9 Å². The first-order chi connectivity index (χ1) is 59.4. The number of nitrogens with zero attached hydrogens (tertiary/aromatic N) is 4. The van der Waals surface area contributed by atoms with Gasteiger partial charge in [0.05, 0.1) is 33.6 Å². The van der Waals surface area contributed by atoms with Gasteiger partial charge < -0.3 is 9.47 Å². The van der Waals surface area contributed by atoms with Gasteiger partial charge in [0.25, 0.3) is 0 Å². The van der Waals surface area contributed by atoms with E-state index in [1.165, 1.54) is 60.7 Å². The van der Waals surface area contributed by atoms with Crippen molar-refractivity contribution in [1.82, 2.24) is 19.9 Å². The van der Waals surface area contributed by atoms with Gasteiger partial charge in [0.15, 0.2) is 11.6 Å². The summed E-state index contributed by atoms with van der Waals surface area (Å²) < 4.78 is 14.3. The van der Waals surface area contributed by atoms with Gasteiger partial charge in [-0.15, -0.1) is 0 Å². The van der Waals surface area contributed by atoms with Gasteiger partial charge >= 0.3 is 0 Å². The molecular weight excluding hydrogens is 1460 g/mol. The molecule has 6 nitrogen and oxygen atoms in total. The molecule has 0 bridgehead atoms. The Hall–Kier alpha value is -15.8. The average molecular weight is 1530 g/mol. The lowest BCUT2D eigenvalue weighted by Gasteiger charge is -2.39. The van der Waals surface area contributed by atoms with Gasteiger partial charge in [-0.2, -0.15) is 0 Å². The summed E-state index contributed by atoms with van der Waals surface area (Å²) >= 11 is 0. The Balaban J connectivity index is 0.605. The molecular formula is C114H70N4O2. The highest BCUT2D eigenvalue weighted by atomic mass is 16.5. The molecule has 120 heavy (non-hydrogen) atoms. The third kappa shape index (κ3) is 10.7. The van der Waals surface area contributed by atoms with Crippen LogP contribution < -0.4 is 9.47 Å². The number of aromatic nitrogens is 4. The van der Waals surface area contributed by atoms with Crippen molar-refractivity contribution < 1.29 is 9.47 Å². The SMILES string of the molecule is c1ccc(-c2cccc(-c3cc(-c4cccc(-c5cccc(-c6cccc7c6-c6ccccc6C76c7ccccc7Oc7cc(-c8ccccc8-c8nc(-c9ccccc9)cc(-c9ccc%10c(ccc%11ccccc%11%10)c9)n8)ccc76)c5)c4)nc(-c4ccccc4-c4ccc5c(c4)Oc4ccccc4C54c5ccccc5-c5ccccc54)n3)c2)cc1. The molecule has 2 spiro atoms. The smallest absolute Gasteiger partial charge is 0.161 e. The van der Waals surface area contributed by atoms with Crippen molar-refractivity contribution in [2.45, 2.75) is 10.8 Å². The van der Waals surface area contributed by atoms with E-state index in [0.29, 0.717) is 11.6 Å². The largest absolute Gasteiger partial charge is 0.457 e. The molecule has 1 unspecified atom stereocenters. The second kappa shape index (κ2) is 27.5. The van der Waals surface area contributed by atoms with Gasteiger partial charge in [0.2, 0.25) is 0 Å². The molecule has 0 saturated carbocycles. The van der Waals surface area contributed by atoms with Crippen LogP contribution in [0.2, 0.25) is 0 Å². The van der Waals surface area contributed by atoms with E-state index < -0.39 is 10.8 Å². The van der Waals surface area contributed by atoms with E-state index >= 15 is 0 Å². The molecule has 20 aromatic rings. The Bertz CT molecular complexity index is 7590. The highest BCUT2D eigenvalue weighted by Gasteiger charge is 2.53. The minimum atomic E-state index is -0.746. The van der Waals surface area contributed by atoms with Crippen LogP contribution in [0.1, 0.15) is 44.5 Å². The molecule has 18 aromatic carbocycles. The Morgan fingerprint density at radius 3 is 1.07 bits per heavy atom. The Morgan fingerprint density at radius 2 is 0.508 bits per heavy atom. The summed E-state index contributed by atoms with van der Waals surface area (Å²) in [6.45, 7) is 0. The molecule has 2 aliphatic heterocycles. The minimum Gasteiger partial charge on any atom is -0.457 e. The molecule has 0 amide bonds. The highest BCUT2D eigenvalue weighted by molar-refractivity contribution is 6.09. The predicted octanol–water partition coefficient (Wildman–Crippen LogP) is 28.8. The van der Waals surface area contributed by atoms with E-state index in [2.05, 4.69) is 419 Å². The molecule has 24 rings (SSSR count). The number of hydrogen-bond donors (Lipinski definition) is 0. The average Bonchev–Trinajstić information content (AvgIpc) is 1.53. The number of benzene rings is 18. The maximum atomic E-state index is 7.25. The van der Waals surface area contributed by atoms with Crippen molar-refractivity contribution in [3.05, 3.63) is 469 Å². The lowest BCUT2D eigenvalue weighted by Crippen LogP contribution is -2.32. The van der Waals surface area contributed by atoms with Gasteiger partial charge in [0, 0.05) is 55.6 Å². The summed E-state index contributed by atoms with van der Waals surface area (Å²) in [7, 11) is 0. The van der Waals surface area contributed by atoms with E-state index in [0.717, 1.165) is 162 Å². The van der Waals surface area contributed by atoms with Crippen molar-refractivity contribution in [3.63, 3.8) is 0 Å². The van der Waals surface area contributed by atoms with Gasteiger partial charge in [-0.05, 0) is 182 Å². The van der Waals surface area contributed by atoms with E-state index in [9.17, 15) is 0 Å². The third-order valence-corrected chi connectivity index (χ3v) is 25.3. The zero-order valence-electron chi connectivity index (χ0n) is 65.0. The molecule has 6 heteroatoms. The summed E-state index contributed by atoms with van der Waals surface area (Å²) in [4.78, 5) is 22.1. The monoisotopic (exact) mass is 1530 g/mol. The summed E-state index contributed by atoms with van der Waals surface area (Å²) in [6, 6.07) is 153. The first kappa shape index (κ1) is 68.6. The van der Waals surface area contributed by atoms with E-state index in [1.807, 2.05) is 6.07 Å². The fourth-order valence-corrected chi connectivity index (χ4v) is 20.0. The molecule has 2 aliphatic carbocycles. The molecule has 0 radical (unpaired) electrons. The van der Waals surface area contributed by atoms with Crippen molar-refractivity contribution in [2.24, 2.45) is 0 Å². The molecule has 1 atom stereocenters. The van der Waals surface area contributed by atoms with Crippen LogP contribution in [0, 0.1) is 0 Å². The lowest BCUT2D eigenvalue weighted by molar-refractivity contribution is 0.436. The fraction of sp³-hybridized carbons (Fsp3) is 0.0175. The minimum absolute atomic E-state index is 0.584. The third-order valence-electron chi connectivity index (χ3n) is 25.3. The number of ether oxygens (including phenoxy) is 2. The zero-order valence-corrected chi connectivity index (χ0v) is 65.0. The van der Waals surface area contributed by atoms with Crippen molar-refractivity contribution >= 4 is 21.5 Å². The van der Waals surface area contributed by atoms with E-state index in [1.54, 1.807) is 0 Å². The second-order valence-corrected chi connectivity index (χ2v) is 31.7. The van der Waals surface area contributed by atoms with Crippen molar-refractivity contribution in [2.75, 3.05) is 0 Å². The Morgan fingerprint density at radius 1 is 0.167 bits per heavy atom. The van der Waals surface area contributed by atoms with Gasteiger partial charge in [0.1, 0.15) is 23.0 Å². The van der Waals surface area contributed by atoms with Crippen molar-refractivity contribution in [3.8, 4) is 169 Å². The first-order valence-corrected chi connectivity index (χ1v) is 41.0. The Kier molecular flexibility index (Phi) is 15.7. The van der Waals surface area contributed by atoms with Crippen LogP contribution in [0.5, 0.6) is 23.0 Å². The maximum absolute atomic E-state index is 7.25. The molecule has 2 aromatic heterocycles. The van der Waals surface area contributed by atoms with Crippen LogP contribution >= 0.6 is 0 Å². The first-order valence-electron chi connectivity index (χ1n) is 41.0. The quantitative estimate of drug-likeness (QED) is 0.120. The zero-order chi connectivity index (χ0) is 79.0. The van der Waals surface area contributed by atoms with Crippen LogP contribution in [0.15, 0.2) is 425 Å². The molecule has 0 fully saturated rings. The number of fused-ring (bicyclic) bond motifs is 21. The maximum Gasteiger partial charge on any atom is 0.161 e. The number of para-hydroxylation sites is 2. The molecule has 4 heterocycles. The van der Waals surface area contributed by atoms with Gasteiger partial charge in [-0.3, -0.25) is 0 Å². The van der Waals surface area contributed by atoms with E-state index in [-0.39, 0.29) is 0 Å². The van der Waals surface area contributed by atoms with E-state index in [4.69, 9.17) is 29.4 Å². The van der Waals surface area contributed by atoms with Gasteiger partial charge in [-0.1, -0.05) is 364 Å². The van der Waals surface area contributed by atoms with Gasteiger partial charge in [-0.25, -0.2) is 19.9 Å². The van der Waals surface area contributed by atoms with Crippen LogP contribution in [0.25, 0.3) is 167 Å². The summed E-state index contributed by atoms with van der Waals surface area (Å²) in [5.41, 5.74) is 32.6. The fourth-order valence-electron chi connectivity index (χ4n) is 20.0. The second-order valence-electron chi connectivity index (χ2n) is 31.7. The topological polar surface area (TPSA) is 70.0 Å². The molecule has 558 valence electrons. The summed E-state index contributed by atoms with van der Waals surface area (Å²) in [5.74, 6) is 4.52. The van der Waals surface area contributed by atoms with Crippen LogP contribution in [0.3, 0.4) is 0 Å². The number of rotatable bonds is 11. The Labute approximate surface area is 695 Å². The summed E-state index contributed by atoms with van der Waals surface area (Å²) in [5, 5.41) is 4.82. The van der Waals surface area contributed by atoms with Crippen LogP contribution in [-0.2, 0) is 10.8 Å². The van der Waals surface area contributed by atoms with Crippen LogP contribution in [0.4, 0.5) is 0 Å². The summed E-state index contributed by atoms with van der Waals surface area (Å²) in [6.07, 6.45) is 0. The standard InChI is InChI=1S/C114H70N4O2/c1-3-27-71(28-4-1)74-32-24-36-81(64-74)103-70-104(117-112(116-103)92-44-12-10-40-86(92)79-58-61-99-108(67-79)119-106-53-21-19-50-97(106)113(99)94-47-16-13-41-89(94)90-42-14-17-48-95(90)113)82-37-25-34-76(65-82)75-33-23-35-77(63-75)88-46-26-52-101-110(88)93-45-15-18-49-96(93)114(101)98-51-20-22-54-107(98)120-109-68-80(59-62-100(109)114)85-39-9-11-43-91(85)111-115-102(73-30-5-2-6-31-73)69-105(118-111)83-57-60-87-78(66-83)56-55-72-29-7-8-38-84(72)87/h1-70H. The number of hydrogen-bond acceptors (Lipinski definition) is 6.